The van der Waals surface area contributed by atoms with E-state index in [-0.39, 0.29) is 17.7 Å². The summed E-state index contributed by atoms with van der Waals surface area (Å²) in [7, 11) is 0. The number of nitrogens with zero attached hydrogens (tertiary/aromatic N) is 1. The predicted molar refractivity (Wildman–Crippen MR) is 74.6 cm³/mol. The smallest absolute Gasteiger partial charge is 0.305 e. The zero-order valence-electron chi connectivity index (χ0n) is 10.8. The van der Waals surface area contributed by atoms with Gasteiger partial charge in [-0.15, -0.1) is 0 Å². The summed E-state index contributed by atoms with van der Waals surface area (Å²) in [5.74, 6) is -1.61. The molecule has 0 aliphatic carbocycles. The van der Waals surface area contributed by atoms with Gasteiger partial charge in [-0.3, -0.25) is 19.7 Å². The van der Waals surface area contributed by atoms with Crippen molar-refractivity contribution in [3.05, 3.63) is 38.3 Å². The summed E-state index contributed by atoms with van der Waals surface area (Å²) in [5.41, 5.74) is -1.09. The van der Waals surface area contributed by atoms with Crippen LogP contribution in [0.15, 0.2) is 22.7 Å². The van der Waals surface area contributed by atoms with Crippen molar-refractivity contribution in [2.45, 2.75) is 25.8 Å². The Morgan fingerprint density at radius 1 is 1.40 bits per heavy atom. The van der Waals surface area contributed by atoms with Gasteiger partial charge in [0, 0.05) is 27.7 Å². The number of halogens is 1. The number of nitrogens with one attached hydrogen (secondary N) is 1. The molecule has 8 heteroatoms. The van der Waals surface area contributed by atoms with Gasteiger partial charge in [0.15, 0.2) is 0 Å². The summed E-state index contributed by atoms with van der Waals surface area (Å²) in [5, 5.41) is 22.0. The number of non-ortho nitro benzene ring substituents is 1. The lowest BCUT2D eigenvalue weighted by atomic mass is 10.00. The number of carbonyl (C=O) groups is 2. The SMILES string of the molecule is CC(C)(CC(=O)O)NC(=O)c1cc(Br)cc([N+](=O)[O-])c1. The zero-order chi connectivity index (χ0) is 15.5. The summed E-state index contributed by atoms with van der Waals surface area (Å²) in [4.78, 5) is 32.8. The maximum absolute atomic E-state index is 12.0. The molecule has 20 heavy (non-hydrogen) atoms. The largest absolute Gasteiger partial charge is 0.481 e. The molecule has 0 aliphatic heterocycles. The molecule has 0 spiro atoms. The van der Waals surface area contributed by atoms with Gasteiger partial charge in [-0.2, -0.15) is 0 Å². The van der Waals surface area contributed by atoms with Crippen molar-refractivity contribution in [1.82, 2.24) is 5.32 Å². The van der Waals surface area contributed by atoms with Gasteiger partial charge in [0.2, 0.25) is 0 Å². The summed E-state index contributed by atoms with van der Waals surface area (Å²) in [6.45, 7) is 3.12. The Morgan fingerprint density at radius 2 is 2.00 bits per heavy atom. The van der Waals surface area contributed by atoms with E-state index in [0.29, 0.717) is 4.47 Å². The summed E-state index contributed by atoms with van der Waals surface area (Å²) in [6, 6.07) is 3.84. The molecule has 0 fully saturated rings. The van der Waals surface area contributed by atoms with E-state index in [1.165, 1.54) is 12.1 Å². The highest BCUT2D eigenvalue weighted by molar-refractivity contribution is 9.10. The Bertz CT molecular complexity index is 571. The lowest BCUT2D eigenvalue weighted by Crippen LogP contribution is -2.44. The maximum Gasteiger partial charge on any atom is 0.305 e. The van der Waals surface area contributed by atoms with Crippen molar-refractivity contribution >= 4 is 33.5 Å². The first-order valence-electron chi connectivity index (χ1n) is 5.60. The highest BCUT2D eigenvalue weighted by Gasteiger charge is 2.25. The van der Waals surface area contributed by atoms with Crippen LogP contribution in [0.5, 0.6) is 0 Å². The second-order valence-electron chi connectivity index (χ2n) is 4.86. The third-order valence-electron chi connectivity index (χ3n) is 2.40. The second kappa shape index (κ2) is 6.00. The maximum atomic E-state index is 12.0. The van der Waals surface area contributed by atoms with E-state index in [1.807, 2.05) is 0 Å². The molecule has 0 heterocycles. The van der Waals surface area contributed by atoms with Crippen LogP contribution in [0.2, 0.25) is 0 Å². The van der Waals surface area contributed by atoms with Crippen molar-refractivity contribution < 1.29 is 19.6 Å². The average Bonchev–Trinajstić information content (AvgIpc) is 2.25. The highest BCUT2D eigenvalue weighted by Crippen LogP contribution is 2.22. The first-order valence-corrected chi connectivity index (χ1v) is 6.39. The molecule has 0 aliphatic rings. The minimum Gasteiger partial charge on any atom is -0.481 e. The lowest BCUT2D eigenvalue weighted by molar-refractivity contribution is -0.385. The van der Waals surface area contributed by atoms with E-state index in [0.717, 1.165) is 6.07 Å². The molecule has 0 saturated heterocycles. The summed E-state index contributed by atoms with van der Waals surface area (Å²) in [6.07, 6.45) is -0.255. The molecule has 7 nitrogen and oxygen atoms in total. The number of carboxylic acid groups (broad SMARTS) is 1. The topological polar surface area (TPSA) is 110 Å². The van der Waals surface area contributed by atoms with Crippen molar-refractivity contribution in [1.29, 1.82) is 0 Å². The standard InChI is InChI=1S/C12H13BrN2O5/c1-12(2,6-10(16)17)14-11(18)7-3-8(13)5-9(4-7)15(19)20/h3-5H,6H2,1-2H3,(H,14,18)(H,16,17). The fourth-order valence-corrected chi connectivity index (χ4v) is 2.09. The minimum atomic E-state index is -1.05. The van der Waals surface area contributed by atoms with Crippen molar-refractivity contribution in [3.63, 3.8) is 0 Å². The van der Waals surface area contributed by atoms with Crippen molar-refractivity contribution in [2.75, 3.05) is 0 Å². The molecule has 0 bridgehead atoms. The van der Waals surface area contributed by atoms with Crippen LogP contribution in [0.3, 0.4) is 0 Å². The molecule has 0 atom stereocenters. The van der Waals surface area contributed by atoms with Gasteiger partial charge in [-0.1, -0.05) is 15.9 Å². The molecule has 1 amide bonds. The number of rotatable bonds is 5. The van der Waals surface area contributed by atoms with E-state index < -0.39 is 22.3 Å². The Kier molecular flexibility index (Phi) is 4.83. The van der Waals surface area contributed by atoms with Gasteiger partial charge in [0.1, 0.15) is 0 Å². The Morgan fingerprint density at radius 3 is 2.50 bits per heavy atom. The molecular formula is C12H13BrN2O5. The van der Waals surface area contributed by atoms with Crippen LogP contribution in [0, 0.1) is 10.1 Å². The number of hydrogen-bond acceptors (Lipinski definition) is 4. The van der Waals surface area contributed by atoms with E-state index >= 15 is 0 Å². The summed E-state index contributed by atoms with van der Waals surface area (Å²) >= 11 is 3.09. The zero-order valence-corrected chi connectivity index (χ0v) is 12.4. The van der Waals surface area contributed by atoms with E-state index in [9.17, 15) is 19.7 Å². The fourth-order valence-electron chi connectivity index (χ4n) is 1.61. The molecular weight excluding hydrogens is 332 g/mol. The van der Waals surface area contributed by atoms with Crippen molar-refractivity contribution in [3.8, 4) is 0 Å². The number of carbonyl (C=O) groups excluding carboxylic acids is 1. The van der Waals surface area contributed by atoms with Crippen LogP contribution in [0.4, 0.5) is 5.69 Å². The number of benzene rings is 1. The van der Waals surface area contributed by atoms with Crippen LogP contribution < -0.4 is 5.32 Å². The molecule has 1 aromatic rings. The fraction of sp³-hybridized carbons (Fsp3) is 0.333. The third kappa shape index (κ3) is 4.61. The van der Waals surface area contributed by atoms with Crippen LogP contribution in [0.25, 0.3) is 0 Å². The quantitative estimate of drug-likeness (QED) is 0.629. The molecule has 1 aromatic carbocycles. The molecule has 108 valence electrons. The van der Waals surface area contributed by atoms with E-state index in [2.05, 4.69) is 21.2 Å². The molecule has 0 saturated carbocycles. The van der Waals surface area contributed by atoms with Gasteiger partial charge < -0.3 is 10.4 Å². The first kappa shape index (κ1) is 16.1. The number of aliphatic carboxylic acids is 1. The molecule has 0 radical (unpaired) electrons. The van der Waals surface area contributed by atoms with Crippen molar-refractivity contribution in [2.24, 2.45) is 0 Å². The number of nitro groups is 1. The van der Waals surface area contributed by atoms with Gasteiger partial charge in [-0.25, -0.2) is 0 Å². The number of amides is 1. The summed E-state index contributed by atoms with van der Waals surface area (Å²) < 4.78 is 0.396. The van der Waals surface area contributed by atoms with E-state index in [1.54, 1.807) is 13.8 Å². The van der Waals surface area contributed by atoms with Crippen LogP contribution in [-0.2, 0) is 4.79 Å². The number of nitro benzene ring substituents is 1. The van der Waals surface area contributed by atoms with Crippen LogP contribution in [-0.4, -0.2) is 27.4 Å². The number of hydrogen-bond donors (Lipinski definition) is 2. The average molecular weight is 345 g/mol. The predicted octanol–water partition coefficient (Wildman–Crippen LogP) is 2.34. The monoisotopic (exact) mass is 344 g/mol. The highest BCUT2D eigenvalue weighted by atomic mass is 79.9. The van der Waals surface area contributed by atoms with Crippen LogP contribution >= 0.6 is 15.9 Å². The van der Waals surface area contributed by atoms with E-state index in [4.69, 9.17) is 5.11 Å². The Balaban J connectivity index is 2.98. The van der Waals surface area contributed by atoms with Crippen LogP contribution in [0.1, 0.15) is 30.6 Å². The van der Waals surface area contributed by atoms with Gasteiger partial charge in [0.25, 0.3) is 11.6 Å². The van der Waals surface area contributed by atoms with Gasteiger partial charge in [0.05, 0.1) is 11.3 Å². The first-order chi connectivity index (χ1) is 9.10. The van der Waals surface area contributed by atoms with Gasteiger partial charge >= 0.3 is 5.97 Å². The number of carboxylic acids is 1. The molecule has 0 aromatic heterocycles. The molecule has 2 N–H and O–H groups in total. The molecule has 0 unspecified atom stereocenters. The third-order valence-corrected chi connectivity index (χ3v) is 2.86. The lowest BCUT2D eigenvalue weighted by Gasteiger charge is -2.24. The minimum absolute atomic E-state index is 0.0875. The normalized spacial score (nSPS) is 10.9. The molecule has 1 rings (SSSR count). The van der Waals surface area contributed by atoms with Gasteiger partial charge in [-0.05, 0) is 19.9 Å². The second-order valence-corrected chi connectivity index (χ2v) is 5.78. The Labute approximate surface area is 123 Å². The Hall–Kier alpha value is -1.96.